The average molecular weight is 243 g/mol. The molecule has 1 fully saturated rings. The van der Waals surface area contributed by atoms with Gasteiger partial charge < -0.3 is 20.3 Å². The summed E-state index contributed by atoms with van der Waals surface area (Å²) in [4.78, 5) is 4.83. The number of hydrogen-bond acceptors (Lipinski definition) is 4. The summed E-state index contributed by atoms with van der Waals surface area (Å²) in [5.41, 5.74) is 5.94. The lowest BCUT2D eigenvalue weighted by atomic mass is 10.00. The second kappa shape index (κ2) is 8.03. The summed E-state index contributed by atoms with van der Waals surface area (Å²) in [7, 11) is 6.11. The third kappa shape index (κ3) is 5.82. The second-order valence-corrected chi connectivity index (χ2v) is 5.40. The molecule has 1 rings (SSSR count). The Morgan fingerprint density at radius 3 is 2.88 bits per heavy atom. The lowest BCUT2D eigenvalue weighted by Crippen LogP contribution is -2.42. The van der Waals surface area contributed by atoms with Crippen molar-refractivity contribution in [2.45, 2.75) is 37.8 Å². The van der Waals surface area contributed by atoms with Gasteiger partial charge in [-0.15, -0.1) is 0 Å². The van der Waals surface area contributed by atoms with E-state index in [0.29, 0.717) is 6.61 Å². The number of nitrogens with zero attached hydrogens (tertiary/aromatic N) is 2. The zero-order chi connectivity index (χ0) is 12.7. The monoisotopic (exact) mass is 243 g/mol. The lowest BCUT2D eigenvalue weighted by molar-refractivity contribution is 0.143. The maximum absolute atomic E-state index is 5.94. The van der Waals surface area contributed by atoms with Crippen molar-refractivity contribution in [2.24, 2.45) is 5.73 Å². The molecule has 4 nitrogen and oxygen atoms in total. The third-order valence-corrected chi connectivity index (χ3v) is 3.69. The van der Waals surface area contributed by atoms with Gasteiger partial charge in [-0.3, -0.25) is 0 Å². The van der Waals surface area contributed by atoms with Crippen LogP contribution in [-0.2, 0) is 4.74 Å². The van der Waals surface area contributed by atoms with Crippen LogP contribution in [0.4, 0.5) is 0 Å². The molecule has 0 aromatic carbocycles. The van der Waals surface area contributed by atoms with Gasteiger partial charge in [0, 0.05) is 25.7 Å². The van der Waals surface area contributed by atoms with Crippen molar-refractivity contribution in [3.8, 4) is 0 Å². The van der Waals surface area contributed by atoms with E-state index < -0.39 is 0 Å². The molecule has 1 heterocycles. The molecule has 2 unspecified atom stereocenters. The van der Waals surface area contributed by atoms with Crippen molar-refractivity contribution in [3.05, 3.63) is 0 Å². The van der Waals surface area contributed by atoms with E-state index in [-0.39, 0.29) is 6.04 Å². The predicted molar refractivity (Wildman–Crippen MR) is 72.2 cm³/mol. The van der Waals surface area contributed by atoms with E-state index in [1.54, 1.807) is 7.11 Å². The van der Waals surface area contributed by atoms with Crippen LogP contribution < -0.4 is 5.73 Å². The topological polar surface area (TPSA) is 41.7 Å². The van der Waals surface area contributed by atoms with Gasteiger partial charge in [0.1, 0.15) is 0 Å². The van der Waals surface area contributed by atoms with Crippen LogP contribution in [0.5, 0.6) is 0 Å². The molecule has 0 saturated carbocycles. The Hall–Kier alpha value is -0.160. The summed E-state index contributed by atoms with van der Waals surface area (Å²) >= 11 is 0. The van der Waals surface area contributed by atoms with E-state index >= 15 is 0 Å². The molecule has 2 N–H and O–H groups in total. The number of methoxy groups -OCH3 is 1. The molecule has 0 radical (unpaired) electrons. The second-order valence-electron chi connectivity index (χ2n) is 5.40. The Bertz CT molecular complexity index is 201. The highest BCUT2D eigenvalue weighted by Crippen LogP contribution is 2.17. The highest BCUT2D eigenvalue weighted by molar-refractivity contribution is 4.76. The zero-order valence-electron chi connectivity index (χ0n) is 11.7. The first-order valence-electron chi connectivity index (χ1n) is 6.76. The van der Waals surface area contributed by atoms with E-state index in [9.17, 15) is 0 Å². The van der Waals surface area contributed by atoms with Crippen LogP contribution in [0.15, 0.2) is 0 Å². The van der Waals surface area contributed by atoms with E-state index in [4.69, 9.17) is 10.5 Å². The van der Waals surface area contributed by atoms with Crippen LogP contribution >= 0.6 is 0 Å². The molecule has 17 heavy (non-hydrogen) atoms. The minimum atomic E-state index is 0.133. The van der Waals surface area contributed by atoms with Gasteiger partial charge in [0.05, 0.1) is 6.61 Å². The summed E-state index contributed by atoms with van der Waals surface area (Å²) in [6, 6.07) is 0.902. The van der Waals surface area contributed by atoms with Gasteiger partial charge in [0.2, 0.25) is 0 Å². The van der Waals surface area contributed by atoms with Gasteiger partial charge in [0.15, 0.2) is 0 Å². The van der Waals surface area contributed by atoms with Crippen LogP contribution in [0.2, 0.25) is 0 Å². The smallest absolute Gasteiger partial charge is 0.0626 e. The van der Waals surface area contributed by atoms with Crippen LogP contribution in [0, 0.1) is 0 Å². The lowest BCUT2D eigenvalue weighted by Gasteiger charge is -2.33. The summed E-state index contributed by atoms with van der Waals surface area (Å²) in [6.45, 7) is 3.96. The number of rotatable bonds is 7. The molecule has 2 atom stereocenters. The van der Waals surface area contributed by atoms with E-state index in [1.807, 2.05) is 0 Å². The van der Waals surface area contributed by atoms with Gasteiger partial charge in [-0.25, -0.2) is 0 Å². The number of piperidine rings is 1. The molecule has 1 saturated heterocycles. The maximum atomic E-state index is 5.94. The molecule has 4 heteroatoms. The van der Waals surface area contributed by atoms with E-state index in [2.05, 4.69) is 23.9 Å². The number of likely N-dealkylation sites (tertiary alicyclic amines) is 1. The number of likely N-dealkylation sites (N-methyl/N-ethyl adjacent to an activating group) is 1. The molecule has 0 amide bonds. The van der Waals surface area contributed by atoms with Gasteiger partial charge >= 0.3 is 0 Å². The molecule has 0 aliphatic carbocycles. The van der Waals surface area contributed by atoms with Crippen molar-refractivity contribution in [2.75, 3.05) is 47.4 Å². The van der Waals surface area contributed by atoms with Crippen molar-refractivity contribution in [1.29, 1.82) is 0 Å². The fourth-order valence-electron chi connectivity index (χ4n) is 2.64. The molecular formula is C13H29N3O. The molecule has 102 valence electrons. The SMILES string of the molecule is COCC(N)CN(C)CCC1CCCCN1C. The minimum absolute atomic E-state index is 0.133. The fraction of sp³-hybridized carbons (Fsp3) is 1.00. The summed E-state index contributed by atoms with van der Waals surface area (Å²) < 4.78 is 5.06. The molecule has 1 aliphatic rings. The average Bonchev–Trinajstić information content (AvgIpc) is 2.28. The van der Waals surface area contributed by atoms with Crippen LogP contribution in [0.1, 0.15) is 25.7 Å². The van der Waals surface area contributed by atoms with E-state index in [0.717, 1.165) is 19.1 Å². The van der Waals surface area contributed by atoms with Crippen molar-refractivity contribution in [1.82, 2.24) is 9.80 Å². The molecule has 1 aliphatic heterocycles. The summed E-state index contributed by atoms with van der Waals surface area (Å²) in [5, 5.41) is 0. The maximum Gasteiger partial charge on any atom is 0.0626 e. The molecule has 0 aromatic rings. The zero-order valence-corrected chi connectivity index (χ0v) is 11.7. The van der Waals surface area contributed by atoms with Gasteiger partial charge in [-0.1, -0.05) is 6.42 Å². The largest absolute Gasteiger partial charge is 0.383 e. The van der Waals surface area contributed by atoms with Crippen LogP contribution in [-0.4, -0.2) is 69.3 Å². The Labute approximate surface area is 106 Å². The minimum Gasteiger partial charge on any atom is -0.383 e. The highest BCUT2D eigenvalue weighted by atomic mass is 16.5. The normalized spacial score (nSPS) is 24.2. The first-order chi connectivity index (χ1) is 8.13. The van der Waals surface area contributed by atoms with Crippen LogP contribution in [0.25, 0.3) is 0 Å². The Morgan fingerprint density at radius 2 is 2.24 bits per heavy atom. The first kappa shape index (κ1) is 14.9. The van der Waals surface area contributed by atoms with Gasteiger partial charge in [-0.05, 0) is 46.4 Å². The summed E-state index contributed by atoms with van der Waals surface area (Å²) in [5.74, 6) is 0. The Kier molecular flexibility index (Phi) is 7.04. The van der Waals surface area contributed by atoms with Gasteiger partial charge in [0.25, 0.3) is 0 Å². The standard InChI is InChI=1S/C13H29N3O/c1-15(10-12(14)11-17-3)9-7-13-6-4-5-8-16(13)2/h12-13H,4-11,14H2,1-3H3. The van der Waals surface area contributed by atoms with Gasteiger partial charge in [-0.2, -0.15) is 0 Å². The van der Waals surface area contributed by atoms with Crippen molar-refractivity contribution in [3.63, 3.8) is 0 Å². The third-order valence-electron chi connectivity index (χ3n) is 3.69. The Balaban J connectivity index is 2.15. The molecular weight excluding hydrogens is 214 g/mol. The molecule has 0 aromatic heterocycles. The van der Waals surface area contributed by atoms with Crippen molar-refractivity contribution >= 4 is 0 Å². The predicted octanol–water partition coefficient (Wildman–Crippen LogP) is 0.766. The number of hydrogen-bond donors (Lipinski definition) is 1. The summed E-state index contributed by atoms with van der Waals surface area (Å²) in [6.07, 6.45) is 5.37. The molecule has 0 spiro atoms. The van der Waals surface area contributed by atoms with Crippen LogP contribution in [0.3, 0.4) is 0 Å². The molecule has 0 bridgehead atoms. The van der Waals surface area contributed by atoms with Crippen molar-refractivity contribution < 1.29 is 4.74 Å². The quantitative estimate of drug-likeness (QED) is 0.717. The Morgan fingerprint density at radius 1 is 1.47 bits per heavy atom. The number of nitrogens with two attached hydrogens (primary N) is 1. The number of ether oxygens (including phenoxy) is 1. The highest BCUT2D eigenvalue weighted by Gasteiger charge is 2.19. The first-order valence-corrected chi connectivity index (χ1v) is 6.76. The fourth-order valence-corrected chi connectivity index (χ4v) is 2.64. The van der Waals surface area contributed by atoms with E-state index in [1.165, 1.54) is 32.2 Å².